The molecule has 0 aromatic carbocycles. The molecule has 0 aliphatic carbocycles. The number of likely N-dealkylation sites (tertiary alicyclic amines) is 1. The Morgan fingerprint density at radius 2 is 2.15 bits per heavy atom. The van der Waals surface area contributed by atoms with Gasteiger partial charge < -0.3 is 15.4 Å². The van der Waals surface area contributed by atoms with Gasteiger partial charge >= 0.3 is 0 Å². The van der Waals surface area contributed by atoms with Crippen LogP contribution in [0.1, 0.15) is 38.5 Å². The minimum atomic E-state index is -0.380. The van der Waals surface area contributed by atoms with E-state index >= 15 is 0 Å². The first-order valence-electron chi connectivity index (χ1n) is 7.28. The smallest absolute Gasteiger partial charge is 0.239 e. The number of hydrogen-bond donors (Lipinski definition) is 1. The van der Waals surface area contributed by atoms with Crippen molar-refractivity contribution in [1.29, 1.82) is 0 Å². The van der Waals surface area contributed by atoms with Gasteiger partial charge in [-0.05, 0) is 31.2 Å². The summed E-state index contributed by atoms with van der Waals surface area (Å²) < 4.78 is 5.83. The molecule has 2 atom stereocenters. The number of amides is 1. The molecule has 0 aromatic rings. The lowest BCUT2D eigenvalue weighted by Crippen LogP contribution is -2.41. The summed E-state index contributed by atoms with van der Waals surface area (Å²) in [4.78, 5) is 16.1. The summed E-state index contributed by atoms with van der Waals surface area (Å²) in [5.41, 5.74) is 13.9. The number of carbonyl (C=O) groups is 1. The zero-order valence-corrected chi connectivity index (χ0v) is 12.2. The van der Waals surface area contributed by atoms with Crippen LogP contribution in [-0.4, -0.2) is 49.7 Å². The number of nitrogens with two attached hydrogens (primary N) is 1. The van der Waals surface area contributed by atoms with E-state index in [-0.39, 0.29) is 18.1 Å². The van der Waals surface area contributed by atoms with Gasteiger partial charge in [0.05, 0.1) is 12.1 Å². The third kappa shape index (κ3) is 6.23. The van der Waals surface area contributed by atoms with Gasteiger partial charge in [-0.3, -0.25) is 4.79 Å². The minimum Gasteiger partial charge on any atom is -0.376 e. The highest BCUT2D eigenvalue weighted by Crippen LogP contribution is 2.13. The van der Waals surface area contributed by atoms with Gasteiger partial charge in [-0.15, -0.1) is 0 Å². The van der Waals surface area contributed by atoms with Crippen LogP contribution in [0.5, 0.6) is 0 Å². The van der Waals surface area contributed by atoms with Crippen LogP contribution in [0.3, 0.4) is 0 Å². The molecule has 0 unspecified atom stereocenters. The number of likely N-dealkylation sites (N-methyl/N-ethyl adjacent to an activating group) is 1. The summed E-state index contributed by atoms with van der Waals surface area (Å²) in [7, 11) is 1.78. The van der Waals surface area contributed by atoms with Crippen LogP contribution in [0.15, 0.2) is 5.11 Å². The molecule has 1 fully saturated rings. The Kier molecular flexibility index (Phi) is 8.02. The Morgan fingerprint density at radius 3 is 2.90 bits per heavy atom. The number of azide groups is 1. The number of rotatable bonds is 8. The standard InChI is InChI=1S/C13H25N5O2/c1-18-10-11(6-7-12(14)13(18)19)20-9-5-3-2-4-8-16-17-15/h11-12H,2-10,14H2,1H3/t11-,12+/m1/s1. The van der Waals surface area contributed by atoms with E-state index in [1.165, 1.54) is 0 Å². The summed E-state index contributed by atoms with van der Waals surface area (Å²) in [6, 6.07) is -0.380. The van der Waals surface area contributed by atoms with Gasteiger partial charge in [-0.1, -0.05) is 18.0 Å². The molecule has 1 aliphatic rings. The Hall–Kier alpha value is -1.30. The fourth-order valence-electron chi connectivity index (χ4n) is 2.33. The summed E-state index contributed by atoms with van der Waals surface area (Å²) in [5.74, 6) is 0.00847. The molecular formula is C13H25N5O2. The van der Waals surface area contributed by atoms with E-state index in [1.807, 2.05) is 0 Å². The Balaban J connectivity index is 2.09. The number of carbonyl (C=O) groups excluding carboxylic acids is 1. The first-order chi connectivity index (χ1) is 9.65. The number of unbranched alkanes of at least 4 members (excludes halogenated alkanes) is 3. The molecule has 0 aromatic heterocycles. The van der Waals surface area contributed by atoms with Crippen molar-refractivity contribution < 1.29 is 9.53 Å². The molecule has 1 heterocycles. The molecule has 1 aliphatic heterocycles. The summed E-state index contributed by atoms with van der Waals surface area (Å²) in [5, 5.41) is 3.50. The average molecular weight is 283 g/mol. The van der Waals surface area contributed by atoms with E-state index < -0.39 is 0 Å². The minimum absolute atomic E-state index is 0.00847. The van der Waals surface area contributed by atoms with Gasteiger partial charge in [-0.2, -0.15) is 0 Å². The molecule has 7 nitrogen and oxygen atoms in total. The fourth-order valence-corrected chi connectivity index (χ4v) is 2.33. The van der Waals surface area contributed by atoms with E-state index in [9.17, 15) is 4.79 Å². The van der Waals surface area contributed by atoms with E-state index in [4.69, 9.17) is 16.0 Å². The maximum Gasteiger partial charge on any atom is 0.239 e. The average Bonchev–Trinajstić information content (AvgIpc) is 2.56. The second-order valence-electron chi connectivity index (χ2n) is 5.26. The molecule has 0 radical (unpaired) electrons. The predicted octanol–water partition coefficient (Wildman–Crippen LogP) is 1.82. The monoisotopic (exact) mass is 283 g/mol. The van der Waals surface area contributed by atoms with Crippen molar-refractivity contribution in [3.8, 4) is 0 Å². The largest absolute Gasteiger partial charge is 0.376 e. The highest BCUT2D eigenvalue weighted by Gasteiger charge is 2.26. The van der Waals surface area contributed by atoms with Crippen molar-refractivity contribution in [3.63, 3.8) is 0 Å². The molecule has 1 amide bonds. The zero-order chi connectivity index (χ0) is 14.8. The fraction of sp³-hybridized carbons (Fsp3) is 0.923. The molecule has 1 rings (SSSR count). The van der Waals surface area contributed by atoms with E-state index in [2.05, 4.69) is 10.0 Å². The van der Waals surface area contributed by atoms with Crippen molar-refractivity contribution in [2.24, 2.45) is 10.8 Å². The topological polar surface area (TPSA) is 104 Å². The second-order valence-corrected chi connectivity index (χ2v) is 5.26. The van der Waals surface area contributed by atoms with Crippen LogP contribution in [0.4, 0.5) is 0 Å². The highest BCUT2D eigenvalue weighted by molar-refractivity contribution is 5.81. The molecular weight excluding hydrogens is 258 g/mol. The number of hydrogen-bond acceptors (Lipinski definition) is 4. The first kappa shape index (κ1) is 16.8. The van der Waals surface area contributed by atoms with Crippen molar-refractivity contribution in [2.45, 2.75) is 50.7 Å². The molecule has 1 saturated heterocycles. The van der Waals surface area contributed by atoms with E-state index in [0.29, 0.717) is 26.1 Å². The lowest BCUT2D eigenvalue weighted by molar-refractivity contribution is -0.131. The third-order valence-electron chi connectivity index (χ3n) is 3.54. The molecule has 114 valence electrons. The van der Waals surface area contributed by atoms with Gasteiger partial charge in [0.15, 0.2) is 0 Å². The lowest BCUT2D eigenvalue weighted by atomic mass is 10.1. The molecule has 0 bridgehead atoms. The van der Waals surface area contributed by atoms with Gasteiger partial charge in [0, 0.05) is 31.7 Å². The molecule has 0 saturated carbocycles. The SMILES string of the molecule is CN1C[C@H](OCCCCCCN=[N+]=[N-])CC[C@H](N)C1=O. The number of ether oxygens (including phenoxy) is 1. The van der Waals surface area contributed by atoms with Crippen molar-refractivity contribution in [2.75, 3.05) is 26.7 Å². The van der Waals surface area contributed by atoms with Crippen molar-refractivity contribution in [3.05, 3.63) is 10.4 Å². The summed E-state index contributed by atoms with van der Waals surface area (Å²) in [6.45, 7) is 1.91. The first-order valence-corrected chi connectivity index (χ1v) is 7.28. The van der Waals surface area contributed by atoms with Gasteiger partial charge in [0.1, 0.15) is 0 Å². The predicted molar refractivity (Wildman–Crippen MR) is 77.1 cm³/mol. The quantitative estimate of drug-likeness (QED) is 0.318. The van der Waals surface area contributed by atoms with Crippen LogP contribution < -0.4 is 5.73 Å². The second kappa shape index (κ2) is 9.58. The van der Waals surface area contributed by atoms with Crippen molar-refractivity contribution >= 4 is 5.91 Å². The van der Waals surface area contributed by atoms with Gasteiger partial charge in [0.25, 0.3) is 0 Å². The molecule has 20 heavy (non-hydrogen) atoms. The number of nitrogens with zero attached hydrogens (tertiary/aromatic N) is 4. The molecule has 7 heteroatoms. The van der Waals surface area contributed by atoms with Crippen LogP contribution in [-0.2, 0) is 9.53 Å². The van der Waals surface area contributed by atoms with E-state index in [0.717, 1.165) is 32.1 Å². The Morgan fingerprint density at radius 1 is 1.40 bits per heavy atom. The van der Waals surface area contributed by atoms with Crippen LogP contribution in [0.25, 0.3) is 10.4 Å². The Labute approximate surface area is 120 Å². The van der Waals surface area contributed by atoms with Crippen LogP contribution in [0.2, 0.25) is 0 Å². The molecule has 2 N–H and O–H groups in total. The Bertz CT molecular complexity index is 344. The summed E-state index contributed by atoms with van der Waals surface area (Å²) >= 11 is 0. The molecule has 0 spiro atoms. The van der Waals surface area contributed by atoms with Crippen molar-refractivity contribution in [1.82, 2.24) is 4.90 Å². The van der Waals surface area contributed by atoms with Gasteiger partial charge in [-0.25, -0.2) is 0 Å². The summed E-state index contributed by atoms with van der Waals surface area (Å²) in [6.07, 6.45) is 5.68. The zero-order valence-electron chi connectivity index (χ0n) is 12.2. The van der Waals surface area contributed by atoms with Crippen LogP contribution >= 0.6 is 0 Å². The highest BCUT2D eigenvalue weighted by atomic mass is 16.5. The van der Waals surface area contributed by atoms with E-state index in [1.54, 1.807) is 11.9 Å². The maximum absolute atomic E-state index is 11.7. The third-order valence-corrected chi connectivity index (χ3v) is 3.54. The van der Waals surface area contributed by atoms with Crippen LogP contribution in [0, 0.1) is 0 Å². The maximum atomic E-state index is 11.7. The normalized spacial score (nSPS) is 23.3. The van der Waals surface area contributed by atoms with Gasteiger partial charge in [0.2, 0.25) is 5.91 Å². The lowest BCUT2D eigenvalue weighted by Gasteiger charge is -2.21.